The number of carboxylic acids is 1. The quantitative estimate of drug-likeness (QED) is 0.829. The van der Waals surface area contributed by atoms with Crippen molar-refractivity contribution in [2.24, 2.45) is 11.3 Å². The van der Waals surface area contributed by atoms with Crippen LogP contribution in [-0.4, -0.2) is 47.4 Å². The first kappa shape index (κ1) is 13.8. The lowest BCUT2D eigenvalue weighted by molar-refractivity contribution is -0.149. The van der Waals surface area contributed by atoms with Gasteiger partial charge in [0.15, 0.2) is 11.5 Å². The van der Waals surface area contributed by atoms with E-state index < -0.39 is 17.4 Å². The molecule has 1 N–H and O–H groups in total. The zero-order valence-electron chi connectivity index (χ0n) is 11.8. The molecule has 2 fully saturated rings. The number of hydrogen-bond acceptors (Lipinski definition) is 6. The number of ether oxygens (including phenoxy) is 1. The highest BCUT2D eigenvalue weighted by Gasteiger charge is 2.55. The number of carboxylic acid groups (broad SMARTS) is 1. The van der Waals surface area contributed by atoms with Crippen molar-refractivity contribution in [3.63, 3.8) is 0 Å². The van der Waals surface area contributed by atoms with Gasteiger partial charge in [-0.15, -0.1) is 10.2 Å². The average Bonchev–Trinajstić information content (AvgIpc) is 3.04. The Kier molecular flexibility index (Phi) is 3.27. The number of fused-ring (bicyclic) bond motifs is 1. The molecule has 1 aromatic heterocycles. The zero-order valence-corrected chi connectivity index (χ0v) is 11.8. The Bertz CT molecular complexity index is 574. The number of aromatic nitrogens is 2. The van der Waals surface area contributed by atoms with Crippen LogP contribution in [-0.2, 0) is 9.53 Å². The van der Waals surface area contributed by atoms with Crippen LogP contribution >= 0.6 is 0 Å². The van der Waals surface area contributed by atoms with Gasteiger partial charge in [0.2, 0.25) is 0 Å². The van der Waals surface area contributed by atoms with Crippen LogP contribution in [0, 0.1) is 11.3 Å². The van der Waals surface area contributed by atoms with Crippen LogP contribution in [0.25, 0.3) is 0 Å². The number of rotatable bonds is 3. The molecule has 3 rings (SSSR count). The van der Waals surface area contributed by atoms with Gasteiger partial charge in [0, 0.05) is 13.1 Å². The lowest BCUT2D eigenvalue weighted by Gasteiger charge is -2.23. The Balaban J connectivity index is 1.80. The van der Waals surface area contributed by atoms with Gasteiger partial charge in [0.05, 0.1) is 12.5 Å². The number of carbonyl (C=O) groups excluding carboxylic acids is 1. The summed E-state index contributed by atoms with van der Waals surface area (Å²) in [4.78, 5) is 24.9. The van der Waals surface area contributed by atoms with Crippen molar-refractivity contribution >= 4 is 17.8 Å². The molecule has 112 valence electrons. The maximum absolute atomic E-state index is 11.6. The third kappa shape index (κ3) is 2.12. The fourth-order valence-electron chi connectivity index (χ4n) is 3.52. The van der Waals surface area contributed by atoms with Crippen LogP contribution in [0.1, 0.15) is 29.8 Å². The highest BCUT2D eigenvalue weighted by atomic mass is 16.5. The molecule has 1 aliphatic heterocycles. The molecule has 0 radical (unpaired) electrons. The lowest BCUT2D eigenvalue weighted by Crippen LogP contribution is -2.35. The predicted molar refractivity (Wildman–Crippen MR) is 73.0 cm³/mol. The molecule has 21 heavy (non-hydrogen) atoms. The fraction of sp³-hybridized carbons (Fsp3) is 0.571. The molecule has 0 amide bonds. The molecule has 2 atom stereocenters. The van der Waals surface area contributed by atoms with Crippen molar-refractivity contribution < 1.29 is 19.4 Å². The van der Waals surface area contributed by atoms with Crippen molar-refractivity contribution in [2.75, 3.05) is 25.1 Å². The minimum absolute atomic E-state index is 0.147. The van der Waals surface area contributed by atoms with E-state index in [0.29, 0.717) is 18.9 Å². The highest BCUT2D eigenvalue weighted by molar-refractivity contribution is 5.87. The van der Waals surface area contributed by atoms with Crippen LogP contribution in [0.5, 0.6) is 0 Å². The minimum atomic E-state index is -0.716. The van der Waals surface area contributed by atoms with Gasteiger partial charge in [-0.3, -0.25) is 4.79 Å². The third-order valence-electron chi connectivity index (χ3n) is 4.67. The number of hydrogen-bond donors (Lipinski definition) is 1. The number of carbonyl (C=O) groups is 2. The molecular weight excluding hydrogens is 274 g/mol. The summed E-state index contributed by atoms with van der Waals surface area (Å²) in [5, 5.41) is 17.4. The first-order valence-electron chi connectivity index (χ1n) is 6.97. The summed E-state index contributed by atoms with van der Waals surface area (Å²) in [6, 6.07) is 3.24. The highest BCUT2D eigenvalue weighted by Crippen LogP contribution is 2.49. The Morgan fingerprint density at radius 3 is 2.81 bits per heavy atom. The lowest BCUT2D eigenvalue weighted by atomic mass is 9.81. The standard InChI is InChI=1S/C14H17N3O4/c1-21-12(18)10-4-5-11(16-15-10)17-7-9-3-2-6-14(9,8-17)13(19)20/h4-5,9H,2-3,6-8H2,1H3,(H,19,20)/t9-,14+/m0/s1. The van der Waals surface area contributed by atoms with Gasteiger partial charge < -0.3 is 14.7 Å². The zero-order chi connectivity index (χ0) is 15.0. The van der Waals surface area contributed by atoms with Crippen LogP contribution in [0.15, 0.2) is 12.1 Å². The van der Waals surface area contributed by atoms with E-state index in [4.69, 9.17) is 0 Å². The Morgan fingerprint density at radius 2 is 2.24 bits per heavy atom. The van der Waals surface area contributed by atoms with Gasteiger partial charge in [0.25, 0.3) is 0 Å². The van der Waals surface area contributed by atoms with Crippen LogP contribution in [0.4, 0.5) is 5.82 Å². The summed E-state index contributed by atoms with van der Waals surface area (Å²) in [5.74, 6) is -0.476. The van der Waals surface area contributed by atoms with Gasteiger partial charge in [0.1, 0.15) is 0 Å². The van der Waals surface area contributed by atoms with Crippen molar-refractivity contribution in [1.29, 1.82) is 0 Å². The summed E-state index contributed by atoms with van der Waals surface area (Å²) in [6.45, 7) is 1.14. The van der Waals surface area contributed by atoms with Gasteiger partial charge in [-0.25, -0.2) is 4.79 Å². The molecule has 1 saturated heterocycles. The van der Waals surface area contributed by atoms with E-state index in [0.717, 1.165) is 19.3 Å². The second-order valence-corrected chi connectivity index (χ2v) is 5.70. The SMILES string of the molecule is COC(=O)c1ccc(N2C[C@@H]3CCC[C@@]3(C(=O)O)C2)nn1. The monoisotopic (exact) mass is 291 g/mol. The largest absolute Gasteiger partial charge is 0.481 e. The molecule has 7 heteroatoms. The molecular formula is C14H17N3O4. The van der Waals surface area contributed by atoms with E-state index >= 15 is 0 Å². The van der Waals surface area contributed by atoms with Crippen LogP contribution < -0.4 is 4.90 Å². The summed E-state index contributed by atoms with van der Waals surface area (Å²) >= 11 is 0. The number of nitrogens with zero attached hydrogens (tertiary/aromatic N) is 3. The number of aliphatic carboxylic acids is 1. The molecule has 0 spiro atoms. The number of methoxy groups -OCH3 is 1. The van der Waals surface area contributed by atoms with Crippen molar-refractivity contribution in [1.82, 2.24) is 10.2 Å². The maximum atomic E-state index is 11.6. The Morgan fingerprint density at radius 1 is 1.43 bits per heavy atom. The topological polar surface area (TPSA) is 92.6 Å². The van der Waals surface area contributed by atoms with Gasteiger partial charge in [-0.05, 0) is 30.9 Å². The predicted octanol–water partition coefficient (Wildman–Crippen LogP) is 0.954. The summed E-state index contributed by atoms with van der Waals surface area (Å²) < 4.78 is 4.58. The van der Waals surface area contributed by atoms with E-state index in [1.807, 2.05) is 4.90 Å². The third-order valence-corrected chi connectivity index (χ3v) is 4.67. The molecule has 1 aliphatic carbocycles. The van der Waals surface area contributed by atoms with Gasteiger partial charge in [-0.2, -0.15) is 0 Å². The summed E-state index contributed by atoms with van der Waals surface area (Å²) in [5.41, 5.74) is -0.503. The first-order valence-corrected chi connectivity index (χ1v) is 6.97. The normalized spacial score (nSPS) is 27.5. The van der Waals surface area contributed by atoms with Gasteiger partial charge >= 0.3 is 11.9 Å². The van der Waals surface area contributed by atoms with E-state index in [2.05, 4.69) is 14.9 Å². The summed E-state index contributed by atoms with van der Waals surface area (Å²) in [6.07, 6.45) is 2.63. The Labute approximate surface area is 121 Å². The Hall–Kier alpha value is -2.18. The average molecular weight is 291 g/mol. The second-order valence-electron chi connectivity index (χ2n) is 5.70. The smallest absolute Gasteiger partial charge is 0.358 e. The molecule has 2 aliphatic rings. The van der Waals surface area contributed by atoms with Crippen molar-refractivity contribution in [2.45, 2.75) is 19.3 Å². The maximum Gasteiger partial charge on any atom is 0.358 e. The molecule has 0 bridgehead atoms. The van der Waals surface area contributed by atoms with Crippen LogP contribution in [0.2, 0.25) is 0 Å². The van der Waals surface area contributed by atoms with Gasteiger partial charge in [-0.1, -0.05) is 6.42 Å². The molecule has 2 heterocycles. The minimum Gasteiger partial charge on any atom is -0.481 e. The molecule has 7 nitrogen and oxygen atoms in total. The van der Waals surface area contributed by atoms with E-state index in [-0.39, 0.29) is 11.6 Å². The number of esters is 1. The van der Waals surface area contributed by atoms with E-state index in [9.17, 15) is 14.7 Å². The van der Waals surface area contributed by atoms with Crippen LogP contribution in [0.3, 0.4) is 0 Å². The van der Waals surface area contributed by atoms with Crippen molar-refractivity contribution in [3.05, 3.63) is 17.8 Å². The van der Waals surface area contributed by atoms with E-state index in [1.165, 1.54) is 7.11 Å². The molecule has 1 saturated carbocycles. The van der Waals surface area contributed by atoms with E-state index in [1.54, 1.807) is 12.1 Å². The number of anilines is 1. The molecule has 1 aromatic rings. The summed E-state index contributed by atoms with van der Waals surface area (Å²) in [7, 11) is 1.29. The second kappa shape index (κ2) is 4.98. The van der Waals surface area contributed by atoms with Crippen molar-refractivity contribution in [3.8, 4) is 0 Å². The molecule has 0 aromatic carbocycles. The fourth-order valence-corrected chi connectivity index (χ4v) is 3.52. The molecule has 0 unspecified atom stereocenters. The first-order chi connectivity index (χ1) is 10.1.